The van der Waals surface area contributed by atoms with Crippen LogP contribution in [0.25, 0.3) is 0 Å². The summed E-state index contributed by atoms with van der Waals surface area (Å²) in [6.45, 7) is 5.80. The fourth-order valence-electron chi connectivity index (χ4n) is 3.66. The van der Waals surface area contributed by atoms with Gasteiger partial charge in [-0.15, -0.1) is 0 Å². The third-order valence-electron chi connectivity index (χ3n) is 4.96. The third kappa shape index (κ3) is 3.64. The van der Waals surface area contributed by atoms with Gasteiger partial charge in [0, 0.05) is 37.3 Å². The van der Waals surface area contributed by atoms with Crippen LogP contribution in [0.4, 0.5) is 0 Å². The zero-order valence-corrected chi connectivity index (χ0v) is 15.2. The molecule has 0 bridgehead atoms. The van der Waals surface area contributed by atoms with E-state index in [1.165, 1.54) is 11.1 Å². The number of methoxy groups -OCH3 is 2. The van der Waals surface area contributed by atoms with Gasteiger partial charge in [0.15, 0.2) is 0 Å². The first-order valence-electron chi connectivity index (χ1n) is 8.71. The summed E-state index contributed by atoms with van der Waals surface area (Å²) in [5.41, 5.74) is 3.16. The van der Waals surface area contributed by atoms with E-state index in [1.54, 1.807) is 14.2 Å². The van der Waals surface area contributed by atoms with Crippen molar-refractivity contribution in [1.29, 1.82) is 5.26 Å². The Labute approximate surface area is 149 Å². The fraction of sp³-hybridized carbons (Fsp3) is 0.450. The van der Waals surface area contributed by atoms with E-state index in [1.807, 2.05) is 22.8 Å². The Kier molecular flexibility index (Phi) is 5.30. The fourth-order valence-corrected chi connectivity index (χ4v) is 3.66. The van der Waals surface area contributed by atoms with E-state index in [4.69, 9.17) is 9.47 Å². The van der Waals surface area contributed by atoms with Crippen molar-refractivity contribution in [2.75, 3.05) is 27.3 Å². The molecular weight excluding hydrogens is 314 g/mol. The van der Waals surface area contributed by atoms with Crippen LogP contribution in [0.1, 0.15) is 36.1 Å². The highest BCUT2D eigenvalue weighted by molar-refractivity contribution is 5.43. The van der Waals surface area contributed by atoms with Crippen molar-refractivity contribution in [3.8, 4) is 17.6 Å². The molecule has 1 fully saturated rings. The zero-order valence-electron chi connectivity index (χ0n) is 15.2. The molecule has 3 rings (SSSR count). The number of hydrogen-bond acceptors (Lipinski definition) is 4. The van der Waals surface area contributed by atoms with Gasteiger partial charge in [-0.2, -0.15) is 5.26 Å². The highest BCUT2D eigenvalue weighted by atomic mass is 16.5. The summed E-state index contributed by atoms with van der Waals surface area (Å²) >= 11 is 0. The van der Waals surface area contributed by atoms with Gasteiger partial charge in [-0.05, 0) is 49.7 Å². The van der Waals surface area contributed by atoms with Gasteiger partial charge < -0.3 is 14.0 Å². The lowest BCUT2D eigenvalue weighted by atomic mass is 9.97. The van der Waals surface area contributed by atoms with Crippen molar-refractivity contribution in [3.05, 3.63) is 47.3 Å². The van der Waals surface area contributed by atoms with Crippen LogP contribution in [0.15, 0.2) is 30.5 Å². The number of benzene rings is 1. The molecule has 0 saturated carbocycles. The second-order valence-corrected chi connectivity index (χ2v) is 6.46. The van der Waals surface area contributed by atoms with E-state index in [0.717, 1.165) is 49.8 Å². The molecule has 1 aliphatic rings. The van der Waals surface area contributed by atoms with Crippen LogP contribution in [0.5, 0.6) is 11.5 Å². The van der Waals surface area contributed by atoms with Crippen LogP contribution < -0.4 is 9.47 Å². The maximum atomic E-state index is 9.21. The number of nitrogens with zero attached hydrogens (tertiary/aromatic N) is 3. The SMILES string of the molecule is CCn1cc(CN2CC[C@@H](c3cc(OC)ccc3OC)C2)cc1C#N. The minimum Gasteiger partial charge on any atom is -0.497 e. The number of ether oxygens (including phenoxy) is 2. The second-order valence-electron chi connectivity index (χ2n) is 6.46. The molecule has 0 spiro atoms. The number of nitriles is 1. The highest BCUT2D eigenvalue weighted by Gasteiger charge is 2.27. The number of likely N-dealkylation sites (tertiary alicyclic amines) is 1. The van der Waals surface area contributed by atoms with Gasteiger partial charge in [0.2, 0.25) is 0 Å². The maximum Gasteiger partial charge on any atom is 0.122 e. The van der Waals surface area contributed by atoms with Crippen molar-refractivity contribution < 1.29 is 9.47 Å². The lowest BCUT2D eigenvalue weighted by Gasteiger charge is -2.18. The monoisotopic (exact) mass is 339 g/mol. The molecule has 132 valence electrons. The van der Waals surface area contributed by atoms with Crippen molar-refractivity contribution in [2.45, 2.75) is 32.4 Å². The van der Waals surface area contributed by atoms with Gasteiger partial charge in [-0.25, -0.2) is 0 Å². The van der Waals surface area contributed by atoms with E-state index < -0.39 is 0 Å². The first-order chi connectivity index (χ1) is 12.2. The van der Waals surface area contributed by atoms with Gasteiger partial charge >= 0.3 is 0 Å². The van der Waals surface area contributed by atoms with Gasteiger partial charge in [-0.3, -0.25) is 4.90 Å². The lowest BCUT2D eigenvalue weighted by Crippen LogP contribution is -2.19. The molecule has 5 heteroatoms. The van der Waals surface area contributed by atoms with Crippen LogP contribution >= 0.6 is 0 Å². The van der Waals surface area contributed by atoms with E-state index in [0.29, 0.717) is 5.92 Å². The molecule has 0 aliphatic carbocycles. The first-order valence-corrected chi connectivity index (χ1v) is 8.71. The van der Waals surface area contributed by atoms with Crippen molar-refractivity contribution in [3.63, 3.8) is 0 Å². The van der Waals surface area contributed by atoms with Crippen molar-refractivity contribution >= 4 is 0 Å². The lowest BCUT2D eigenvalue weighted by molar-refractivity contribution is 0.325. The Balaban J connectivity index is 1.72. The molecule has 1 aliphatic heterocycles. The summed E-state index contributed by atoms with van der Waals surface area (Å²) in [5, 5.41) is 9.21. The highest BCUT2D eigenvalue weighted by Crippen LogP contribution is 2.36. The molecule has 1 aromatic heterocycles. The number of aromatic nitrogens is 1. The summed E-state index contributed by atoms with van der Waals surface area (Å²) in [4.78, 5) is 2.44. The Bertz CT molecular complexity index is 776. The largest absolute Gasteiger partial charge is 0.497 e. The number of hydrogen-bond donors (Lipinski definition) is 0. The summed E-state index contributed by atoms with van der Waals surface area (Å²) in [6.07, 6.45) is 3.20. The van der Waals surface area contributed by atoms with Gasteiger partial charge in [-0.1, -0.05) is 0 Å². The summed E-state index contributed by atoms with van der Waals surface area (Å²) in [7, 11) is 3.41. The first kappa shape index (κ1) is 17.4. The van der Waals surface area contributed by atoms with Crippen LogP contribution in [-0.4, -0.2) is 36.8 Å². The van der Waals surface area contributed by atoms with Crippen molar-refractivity contribution in [2.24, 2.45) is 0 Å². The molecule has 1 saturated heterocycles. The van der Waals surface area contributed by atoms with Crippen LogP contribution in [0.2, 0.25) is 0 Å². The summed E-state index contributed by atoms with van der Waals surface area (Å²) in [5.74, 6) is 2.23. The quantitative estimate of drug-likeness (QED) is 0.809. The van der Waals surface area contributed by atoms with Crippen molar-refractivity contribution in [1.82, 2.24) is 9.47 Å². The summed E-state index contributed by atoms with van der Waals surface area (Å²) in [6, 6.07) is 10.3. The normalized spacial score (nSPS) is 17.4. The smallest absolute Gasteiger partial charge is 0.122 e. The standard InChI is InChI=1S/C20H25N3O2/c1-4-23-13-15(9-17(23)11-21)12-22-8-7-16(14-22)19-10-18(24-2)5-6-20(19)25-3/h5-6,9-10,13,16H,4,7-8,12,14H2,1-3H3/t16-/m1/s1. The Morgan fingerprint density at radius 3 is 2.72 bits per heavy atom. The number of rotatable bonds is 6. The molecule has 25 heavy (non-hydrogen) atoms. The third-order valence-corrected chi connectivity index (χ3v) is 4.96. The van der Waals surface area contributed by atoms with Gasteiger partial charge in [0.25, 0.3) is 0 Å². The average Bonchev–Trinajstić information content (AvgIpc) is 3.27. The molecule has 0 amide bonds. The molecular formula is C20H25N3O2. The molecule has 0 radical (unpaired) electrons. The Morgan fingerprint density at radius 2 is 2.08 bits per heavy atom. The minimum absolute atomic E-state index is 0.439. The van der Waals surface area contributed by atoms with Gasteiger partial charge in [0.05, 0.1) is 14.2 Å². The van der Waals surface area contributed by atoms with E-state index in [-0.39, 0.29) is 0 Å². The predicted octanol–water partition coefficient (Wildman–Crippen LogP) is 3.39. The Morgan fingerprint density at radius 1 is 1.24 bits per heavy atom. The number of aryl methyl sites for hydroxylation is 1. The molecule has 0 unspecified atom stereocenters. The topological polar surface area (TPSA) is 50.4 Å². The van der Waals surface area contributed by atoms with Crippen LogP contribution in [0, 0.1) is 11.3 Å². The molecule has 2 heterocycles. The van der Waals surface area contributed by atoms with E-state index in [2.05, 4.69) is 30.2 Å². The molecule has 5 nitrogen and oxygen atoms in total. The second kappa shape index (κ2) is 7.62. The zero-order chi connectivity index (χ0) is 17.8. The van der Waals surface area contributed by atoms with E-state index in [9.17, 15) is 5.26 Å². The van der Waals surface area contributed by atoms with Crippen LogP contribution in [-0.2, 0) is 13.1 Å². The summed E-state index contributed by atoms with van der Waals surface area (Å²) < 4.78 is 12.9. The van der Waals surface area contributed by atoms with Crippen LogP contribution in [0.3, 0.4) is 0 Å². The molecule has 0 N–H and O–H groups in total. The molecule has 1 atom stereocenters. The maximum absolute atomic E-state index is 9.21. The Hall–Kier alpha value is -2.45. The van der Waals surface area contributed by atoms with Gasteiger partial charge in [0.1, 0.15) is 23.3 Å². The molecule has 1 aromatic carbocycles. The predicted molar refractivity (Wildman–Crippen MR) is 97.0 cm³/mol. The minimum atomic E-state index is 0.439. The van der Waals surface area contributed by atoms with E-state index >= 15 is 0 Å². The molecule has 2 aromatic rings. The average molecular weight is 339 g/mol.